The molecular weight excluding hydrogens is 399 g/mol. The minimum Gasteiger partial charge on any atom is -0.447 e. The first-order valence-electron chi connectivity index (χ1n) is 10.8. The van der Waals surface area contributed by atoms with Gasteiger partial charge in [0.25, 0.3) is 5.91 Å². The van der Waals surface area contributed by atoms with Gasteiger partial charge in [-0.05, 0) is 55.0 Å². The van der Waals surface area contributed by atoms with Crippen LogP contribution in [0.25, 0.3) is 0 Å². The second-order valence-corrected chi connectivity index (χ2v) is 8.39. The molecule has 0 spiro atoms. The average molecular weight is 424 g/mol. The van der Waals surface area contributed by atoms with Gasteiger partial charge in [-0.15, -0.1) is 0 Å². The van der Waals surface area contributed by atoms with Crippen molar-refractivity contribution < 1.29 is 18.7 Å². The fraction of sp³-hybridized carbons (Fsp3) is 0.435. The molecule has 31 heavy (non-hydrogen) atoms. The molecule has 0 N–H and O–H groups in total. The predicted molar refractivity (Wildman–Crippen MR) is 114 cm³/mol. The lowest BCUT2D eigenvalue weighted by atomic mass is 10.1. The number of nitrogens with zero attached hydrogens (tertiary/aromatic N) is 4. The average Bonchev–Trinajstić information content (AvgIpc) is 3.54. The van der Waals surface area contributed by atoms with E-state index in [0.717, 1.165) is 11.4 Å². The number of benzene rings is 1. The summed E-state index contributed by atoms with van der Waals surface area (Å²) in [6.45, 7) is 5.06. The highest BCUT2D eigenvalue weighted by molar-refractivity contribution is 5.96. The van der Waals surface area contributed by atoms with Crippen molar-refractivity contribution in [1.29, 1.82) is 0 Å². The number of piperazine rings is 1. The van der Waals surface area contributed by atoms with Gasteiger partial charge in [0.05, 0.1) is 17.8 Å². The fourth-order valence-electron chi connectivity index (χ4n) is 4.33. The molecule has 1 aromatic carbocycles. The van der Waals surface area contributed by atoms with Gasteiger partial charge in [-0.2, -0.15) is 0 Å². The van der Waals surface area contributed by atoms with E-state index in [9.17, 15) is 14.0 Å². The summed E-state index contributed by atoms with van der Waals surface area (Å²) in [5.74, 6) is 0.677. The van der Waals surface area contributed by atoms with Crippen molar-refractivity contribution in [3.63, 3.8) is 0 Å². The third kappa shape index (κ3) is 3.82. The van der Waals surface area contributed by atoms with E-state index in [1.807, 2.05) is 6.20 Å². The molecule has 162 valence electrons. The fourth-order valence-corrected chi connectivity index (χ4v) is 4.33. The summed E-state index contributed by atoms with van der Waals surface area (Å²) < 4.78 is 19.6. The Labute approximate surface area is 180 Å². The standard InChI is InChI=1S/C23H25FN4O3/c1-15-12-17(16-2-3-16)14-25-21(15)26-6-8-27(9-7-26)22(29)19-5-4-18(13-20(19)24)28-10-11-31-23(28)30/h4-5,12-14,16H,2-3,6-11H2,1H3. The number of pyridine rings is 1. The van der Waals surface area contributed by atoms with Crippen LogP contribution in [0.1, 0.15) is 40.2 Å². The Balaban J connectivity index is 1.24. The highest BCUT2D eigenvalue weighted by Gasteiger charge is 2.29. The van der Waals surface area contributed by atoms with Crippen LogP contribution < -0.4 is 9.80 Å². The van der Waals surface area contributed by atoms with Gasteiger partial charge >= 0.3 is 6.09 Å². The van der Waals surface area contributed by atoms with E-state index in [2.05, 4.69) is 22.9 Å². The monoisotopic (exact) mass is 424 g/mol. The third-order valence-electron chi connectivity index (χ3n) is 6.24. The van der Waals surface area contributed by atoms with Gasteiger partial charge in [0.2, 0.25) is 0 Å². The van der Waals surface area contributed by atoms with Crippen LogP contribution in [0.4, 0.5) is 20.7 Å². The van der Waals surface area contributed by atoms with Crippen LogP contribution in [0, 0.1) is 12.7 Å². The molecule has 2 aliphatic heterocycles. The second kappa shape index (κ2) is 7.83. The number of hydrogen-bond acceptors (Lipinski definition) is 5. The number of aryl methyl sites for hydroxylation is 1. The Kier molecular flexibility index (Phi) is 5.00. The number of hydrogen-bond donors (Lipinski definition) is 0. The number of aromatic nitrogens is 1. The quantitative estimate of drug-likeness (QED) is 0.753. The number of ether oxygens (including phenoxy) is 1. The second-order valence-electron chi connectivity index (χ2n) is 8.39. The number of amides is 2. The van der Waals surface area contributed by atoms with Gasteiger partial charge in [-0.1, -0.05) is 6.07 Å². The van der Waals surface area contributed by atoms with Crippen LogP contribution in [0.2, 0.25) is 0 Å². The van der Waals surface area contributed by atoms with Gasteiger partial charge < -0.3 is 14.5 Å². The molecule has 0 bridgehead atoms. The maximum Gasteiger partial charge on any atom is 0.414 e. The van der Waals surface area contributed by atoms with Crippen LogP contribution in [0.3, 0.4) is 0 Å². The van der Waals surface area contributed by atoms with Crippen molar-refractivity contribution in [1.82, 2.24) is 9.88 Å². The van der Waals surface area contributed by atoms with Crippen LogP contribution in [0.5, 0.6) is 0 Å². The molecule has 7 nitrogen and oxygen atoms in total. The Hall–Kier alpha value is -3.16. The van der Waals surface area contributed by atoms with Gasteiger partial charge in [-0.25, -0.2) is 14.2 Å². The molecule has 3 fully saturated rings. The molecule has 3 heterocycles. The van der Waals surface area contributed by atoms with Gasteiger partial charge in [0, 0.05) is 32.4 Å². The first kappa shape index (κ1) is 19.8. The Morgan fingerprint density at radius 3 is 2.52 bits per heavy atom. The normalized spacial score (nSPS) is 19.0. The minimum absolute atomic E-state index is 0.0212. The zero-order chi connectivity index (χ0) is 21.5. The topological polar surface area (TPSA) is 66.0 Å². The lowest BCUT2D eigenvalue weighted by molar-refractivity contribution is 0.0742. The molecule has 5 rings (SSSR count). The molecular formula is C23H25FN4O3. The van der Waals surface area contributed by atoms with Crippen molar-refractivity contribution in [2.24, 2.45) is 0 Å². The maximum absolute atomic E-state index is 14.7. The summed E-state index contributed by atoms with van der Waals surface area (Å²) in [5, 5.41) is 0. The predicted octanol–water partition coefficient (Wildman–Crippen LogP) is 3.33. The van der Waals surface area contributed by atoms with E-state index in [0.29, 0.717) is 44.3 Å². The van der Waals surface area contributed by atoms with Crippen molar-refractivity contribution in [2.75, 3.05) is 49.1 Å². The number of rotatable bonds is 4. The lowest BCUT2D eigenvalue weighted by Crippen LogP contribution is -2.49. The smallest absolute Gasteiger partial charge is 0.414 e. The summed E-state index contributed by atoms with van der Waals surface area (Å²) >= 11 is 0. The van der Waals surface area contributed by atoms with E-state index in [-0.39, 0.29) is 18.1 Å². The van der Waals surface area contributed by atoms with E-state index in [1.54, 1.807) is 11.0 Å². The lowest BCUT2D eigenvalue weighted by Gasteiger charge is -2.36. The first-order chi connectivity index (χ1) is 15.0. The van der Waals surface area contributed by atoms with Crippen molar-refractivity contribution in [2.45, 2.75) is 25.7 Å². The van der Waals surface area contributed by atoms with Crippen LogP contribution in [0.15, 0.2) is 30.5 Å². The molecule has 0 atom stereocenters. The molecule has 2 saturated heterocycles. The molecule has 2 amide bonds. The third-order valence-corrected chi connectivity index (χ3v) is 6.24. The van der Waals surface area contributed by atoms with Crippen LogP contribution in [-0.2, 0) is 4.74 Å². The van der Waals surface area contributed by atoms with Gasteiger partial charge in [0.15, 0.2) is 0 Å². The summed E-state index contributed by atoms with van der Waals surface area (Å²) in [6, 6.07) is 6.50. The van der Waals surface area contributed by atoms with Crippen molar-refractivity contribution >= 4 is 23.5 Å². The number of carbonyl (C=O) groups excluding carboxylic acids is 2. The molecule has 3 aliphatic rings. The molecule has 1 aliphatic carbocycles. The van der Waals surface area contributed by atoms with E-state index >= 15 is 0 Å². The number of anilines is 2. The SMILES string of the molecule is Cc1cc(C2CC2)cnc1N1CCN(C(=O)c2ccc(N3CCOC3=O)cc2F)CC1. The van der Waals surface area contributed by atoms with Crippen molar-refractivity contribution in [3.05, 3.63) is 53.0 Å². The number of carbonyl (C=O) groups is 2. The summed E-state index contributed by atoms with van der Waals surface area (Å²) in [5.41, 5.74) is 2.90. The zero-order valence-corrected chi connectivity index (χ0v) is 17.5. The Bertz CT molecular complexity index is 1030. The zero-order valence-electron chi connectivity index (χ0n) is 17.5. The molecule has 2 aromatic rings. The number of halogens is 1. The highest BCUT2D eigenvalue weighted by atomic mass is 19.1. The van der Waals surface area contributed by atoms with Crippen LogP contribution >= 0.6 is 0 Å². The molecule has 1 aromatic heterocycles. The molecule has 8 heteroatoms. The van der Waals surface area contributed by atoms with E-state index in [1.165, 1.54) is 35.4 Å². The van der Waals surface area contributed by atoms with Crippen molar-refractivity contribution in [3.8, 4) is 0 Å². The molecule has 1 saturated carbocycles. The van der Waals surface area contributed by atoms with Gasteiger partial charge in [-0.3, -0.25) is 9.69 Å². The van der Waals surface area contributed by atoms with E-state index in [4.69, 9.17) is 4.74 Å². The first-order valence-corrected chi connectivity index (χ1v) is 10.8. The Morgan fingerprint density at radius 2 is 1.90 bits per heavy atom. The summed E-state index contributed by atoms with van der Waals surface area (Å²) in [4.78, 5) is 34.5. The molecule has 0 radical (unpaired) electrons. The molecule has 0 unspecified atom stereocenters. The largest absolute Gasteiger partial charge is 0.447 e. The van der Waals surface area contributed by atoms with Crippen LogP contribution in [-0.4, -0.2) is 61.2 Å². The van der Waals surface area contributed by atoms with E-state index < -0.39 is 11.9 Å². The highest BCUT2D eigenvalue weighted by Crippen LogP contribution is 2.40. The number of cyclic esters (lactones) is 1. The Morgan fingerprint density at radius 1 is 1.13 bits per heavy atom. The maximum atomic E-state index is 14.7. The van der Waals surface area contributed by atoms with Gasteiger partial charge in [0.1, 0.15) is 18.2 Å². The summed E-state index contributed by atoms with van der Waals surface area (Å²) in [7, 11) is 0. The summed E-state index contributed by atoms with van der Waals surface area (Å²) in [6.07, 6.45) is 3.98. The minimum atomic E-state index is -0.627.